The van der Waals surface area contributed by atoms with Crippen LogP contribution in [0.1, 0.15) is 34.8 Å². The third kappa shape index (κ3) is 3.40. The molecule has 0 heterocycles. The lowest BCUT2D eigenvalue weighted by Gasteiger charge is -2.21. The molecule has 2 aromatic rings. The van der Waals surface area contributed by atoms with Gasteiger partial charge in [-0.3, -0.25) is 9.59 Å². The Morgan fingerprint density at radius 1 is 1.04 bits per heavy atom. The first-order chi connectivity index (χ1) is 11.5. The minimum atomic E-state index is -0.931. The number of hydrogen-bond donors (Lipinski definition) is 2. The molecule has 1 atom stereocenters. The number of primary amides is 1. The highest BCUT2D eigenvalue weighted by Crippen LogP contribution is 2.37. The van der Waals surface area contributed by atoms with Gasteiger partial charge in [0.25, 0.3) is 0 Å². The predicted octanol–water partition coefficient (Wildman–Crippen LogP) is 4.22. The maximum atomic E-state index is 12.4. The number of nitrogens with two attached hydrogens (primary N) is 1. The molecular weight excluding hydrogens is 347 g/mol. The molecule has 0 bridgehead atoms. The molecule has 1 fully saturated rings. The Bertz CT molecular complexity index is 783. The van der Waals surface area contributed by atoms with Gasteiger partial charge in [-0.25, -0.2) is 0 Å². The Morgan fingerprint density at radius 3 is 2.25 bits per heavy atom. The molecule has 0 spiro atoms. The van der Waals surface area contributed by atoms with E-state index in [1.807, 2.05) is 0 Å². The number of carbonyl (C=O) groups is 2. The number of carbonyl (C=O) groups excluding carboxylic acids is 2. The van der Waals surface area contributed by atoms with Crippen LogP contribution >= 0.6 is 23.2 Å². The molecule has 6 heteroatoms. The molecule has 1 saturated carbocycles. The summed E-state index contributed by atoms with van der Waals surface area (Å²) in [5.41, 5.74) is 7.05. The number of amides is 1. The first-order valence-electron chi connectivity index (χ1n) is 7.62. The third-order valence-corrected chi connectivity index (χ3v) is 4.67. The highest BCUT2D eigenvalue weighted by molar-refractivity contribution is 6.36. The topological polar surface area (TPSA) is 72.2 Å². The van der Waals surface area contributed by atoms with Crippen molar-refractivity contribution in [1.82, 2.24) is 0 Å². The van der Waals surface area contributed by atoms with Gasteiger partial charge < -0.3 is 11.1 Å². The Labute approximate surface area is 149 Å². The van der Waals surface area contributed by atoms with Gasteiger partial charge in [0.15, 0.2) is 5.78 Å². The lowest BCUT2D eigenvalue weighted by molar-refractivity contribution is -0.118. The van der Waals surface area contributed by atoms with Crippen LogP contribution in [-0.4, -0.2) is 11.7 Å². The predicted molar refractivity (Wildman–Crippen MR) is 95.5 cm³/mol. The van der Waals surface area contributed by atoms with Crippen LogP contribution in [0.2, 0.25) is 10.0 Å². The molecule has 0 aromatic heterocycles. The second-order valence-corrected chi connectivity index (χ2v) is 6.61. The molecule has 4 nitrogen and oxygen atoms in total. The smallest absolute Gasteiger partial charge is 0.244 e. The molecular formula is C18H16Cl2N2O2. The fourth-order valence-corrected chi connectivity index (χ4v) is 3.23. The van der Waals surface area contributed by atoms with Crippen molar-refractivity contribution >= 4 is 40.6 Å². The summed E-state index contributed by atoms with van der Waals surface area (Å²) in [5.74, 6) is -0.478. The third-order valence-electron chi connectivity index (χ3n) is 4.01. The highest BCUT2D eigenvalue weighted by atomic mass is 35.5. The Balaban J connectivity index is 1.98. The lowest BCUT2D eigenvalue weighted by Crippen LogP contribution is -2.29. The lowest BCUT2D eigenvalue weighted by atomic mass is 10.0. The fourth-order valence-electron chi connectivity index (χ4n) is 2.62. The molecule has 0 radical (unpaired) electrons. The molecule has 1 aliphatic rings. The zero-order valence-corrected chi connectivity index (χ0v) is 14.3. The zero-order chi connectivity index (χ0) is 17.3. The summed E-state index contributed by atoms with van der Waals surface area (Å²) in [6.07, 6.45) is 1.81. The van der Waals surface area contributed by atoms with E-state index in [4.69, 9.17) is 28.9 Å². The summed E-state index contributed by atoms with van der Waals surface area (Å²) in [5, 5.41) is 3.72. The van der Waals surface area contributed by atoms with Crippen LogP contribution in [0.5, 0.6) is 0 Å². The van der Waals surface area contributed by atoms with E-state index in [0.29, 0.717) is 26.9 Å². The summed E-state index contributed by atoms with van der Waals surface area (Å²) < 4.78 is 0. The minimum Gasteiger partial charge on any atom is -0.369 e. The van der Waals surface area contributed by atoms with Crippen molar-refractivity contribution in [1.29, 1.82) is 0 Å². The van der Waals surface area contributed by atoms with Crippen LogP contribution in [0.25, 0.3) is 0 Å². The second kappa shape index (κ2) is 6.83. The van der Waals surface area contributed by atoms with E-state index in [2.05, 4.69) is 5.32 Å². The number of hydrogen-bond acceptors (Lipinski definition) is 3. The van der Waals surface area contributed by atoms with Gasteiger partial charge in [-0.2, -0.15) is 0 Å². The molecule has 3 rings (SSSR count). The average molecular weight is 363 g/mol. The maximum absolute atomic E-state index is 12.4. The van der Waals surface area contributed by atoms with Crippen molar-refractivity contribution in [2.75, 3.05) is 5.32 Å². The number of Topliss-reactive ketones (excluding diaryl/α,β-unsaturated/α-hetero) is 1. The summed E-state index contributed by atoms with van der Waals surface area (Å²) >= 11 is 12.4. The minimum absolute atomic E-state index is 0.0730. The molecule has 1 amide bonds. The monoisotopic (exact) mass is 362 g/mol. The largest absolute Gasteiger partial charge is 0.369 e. The van der Waals surface area contributed by atoms with Crippen LogP contribution in [-0.2, 0) is 4.79 Å². The number of halogens is 2. The molecule has 0 aliphatic heterocycles. The van der Waals surface area contributed by atoms with Crippen molar-refractivity contribution in [2.24, 2.45) is 11.7 Å². The van der Waals surface area contributed by atoms with E-state index < -0.39 is 11.9 Å². The van der Waals surface area contributed by atoms with Crippen LogP contribution in [0.3, 0.4) is 0 Å². The molecule has 1 unspecified atom stereocenters. The standard InChI is InChI=1S/C18H16Cl2N2O2/c19-12-5-3-6-13(20)15(12)16(18(21)24)22-14-7-2-1-4-11(14)17(23)10-8-9-10/h1-7,10,16,22H,8-9H2,(H2,21,24). The van der Waals surface area contributed by atoms with E-state index in [9.17, 15) is 9.59 Å². The van der Waals surface area contributed by atoms with Crippen LogP contribution < -0.4 is 11.1 Å². The van der Waals surface area contributed by atoms with Crippen LogP contribution in [0.15, 0.2) is 42.5 Å². The molecule has 2 aromatic carbocycles. The molecule has 1 aliphatic carbocycles. The summed E-state index contributed by atoms with van der Waals surface area (Å²) in [4.78, 5) is 24.4. The van der Waals surface area contributed by atoms with Gasteiger partial charge in [0, 0.05) is 32.8 Å². The van der Waals surface area contributed by atoms with Crippen molar-refractivity contribution in [3.63, 3.8) is 0 Å². The summed E-state index contributed by atoms with van der Waals surface area (Å²) in [6.45, 7) is 0. The first kappa shape index (κ1) is 16.8. The number of benzene rings is 2. The van der Waals surface area contributed by atoms with E-state index >= 15 is 0 Å². The van der Waals surface area contributed by atoms with Gasteiger partial charge in [-0.1, -0.05) is 41.4 Å². The molecule has 0 saturated heterocycles. The van der Waals surface area contributed by atoms with Gasteiger partial charge in [-0.15, -0.1) is 0 Å². The van der Waals surface area contributed by atoms with Crippen LogP contribution in [0, 0.1) is 5.92 Å². The molecule has 124 valence electrons. The number of nitrogens with one attached hydrogen (secondary N) is 1. The van der Waals surface area contributed by atoms with E-state index in [1.165, 1.54) is 0 Å². The van der Waals surface area contributed by atoms with Gasteiger partial charge in [0.2, 0.25) is 5.91 Å². The SMILES string of the molecule is NC(=O)C(Nc1ccccc1C(=O)C1CC1)c1c(Cl)cccc1Cl. The maximum Gasteiger partial charge on any atom is 0.244 e. The average Bonchev–Trinajstić information content (AvgIpc) is 3.38. The van der Waals surface area contributed by atoms with Crippen molar-refractivity contribution in [3.8, 4) is 0 Å². The van der Waals surface area contributed by atoms with E-state index in [-0.39, 0.29) is 11.7 Å². The zero-order valence-electron chi connectivity index (χ0n) is 12.8. The number of ketones is 1. The molecule has 3 N–H and O–H groups in total. The fraction of sp³-hybridized carbons (Fsp3) is 0.222. The second-order valence-electron chi connectivity index (χ2n) is 5.80. The number of rotatable bonds is 6. The van der Waals surface area contributed by atoms with Crippen molar-refractivity contribution in [3.05, 3.63) is 63.6 Å². The quantitative estimate of drug-likeness (QED) is 0.755. The normalized spacial score (nSPS) is 14.9. The highest BCUT2D eigenvalue weighted by Gasteiger charge is 2.32. The van der Waals surface area contributed by atoms with Gasteiger partial charge >= 0.3 is 0 Å². The number of para-hydroxylation sites is 1. The Kier molecular flexibility index (Phi) is 4.78. The van der Waals surface area contributed by atoms with Crippen LogP contribution in [0.4, 0.5) is 5.69 Å². The first-order valence-corrected chi connectivity index (χ1v) is 8.37. The number of anilines is 1. The van der Waals surface area contributed by atoms with E-state index in [0.717, 1.165) is 12.8 Å². The van der Waals surface area contributed by atoms with Gasteiger partial charge in [0.1, 0.15) is 6.04 Å². The summed E-state index contributed by atoms with van der Waals surface area (Å²) in [7, 11) is 0. The Morgan fingerprint density at radius 2 is 1.67 bits per heavy atom. The van der Waals surface area contributed by atoms with Gasteiger partial charge in [-0.05, 0) is 37.1 Å². The molecule has 24 heavy (non-hydrogen) atoms. The summed E-state index contributed by atoms with van der Waals surface area (Å²) in [6, 6.07) is 11.1. The Hall–Kier alpha value is -2.04. The van der Waals surface area contributed by atoms with Crippen molar-refractivity contribution in [2.45, 2.75) is 18.9 Å². The van der Waals surface area contributed by atoms with Gasteiger partial charge in [0.05, 0.1) is 0 Å². The van der Waals surface area contributed by atoms with E-state index in [1.54, 1.807) is 42.5 Å². The van der Waals surface area contributed by atoms with Crippen molar-refractivity contribution < 1.29 is 9.59 Å².